The van der Waals surface area contributed by atoms with Crippen LogP contribution in [0.5, 0.6) is 11.5 Å². The van der Waals surface area contributed by atoms with E-state index in [0.717, 1.165) is 4.31 Å². The molecule has 0 aromatic heterocycles. The average Bonchev–Trinajstić information content (AvgIpc) is 2.79. The van der Waals surface area contributed by atoms with E-state index >= 15 is 0 Å². The van der Waals surface area contributed by atoms with E-state index < -0.39 is 20.9 Å². The largest absolute Gasteiger partial charge is 0.497 e. The predicted molar refractivity (Wildman–Crippen MR) is 113 cm³/mol. The second-order valence-electron chi connectivity index (χ2n) is 6.34. The topological polar surface area (TPSA) is 116 Å². The fourth-order valence-electron chi connectivity index (χ4n) is 2.65. The molecule has 0 radical (unpaired) electrons. The Morgan fingerprint density at radius 1 is 0.903 bits per heavy atom. The van der Waals surface area contributed by atoms with Gasteiger partial charge in [0.2, 0.25) is 0 Å². The first-order valence-electron chi connectivity index (χ1n) is 8.92. The van der Waals surface area contributed by atoms with Gasteiger partial charge in [0.25, 0.3) is 15.7 Å². The van der Waals surface area contributed by atoms with E-state index in [4.69, 9.17) is 9.47 Å². The molecule has 0 saturated carbocycles. The van der Waals surface area contributed by atoms with Gasteiger partial charge in [-0.2, -0.15) is 0 Å². The minimum atomic E-state index is -3.79. The van der Waals surface area contributed by atoms with Crippen molar-refractivity contribution in [3.05, 3.63) is 88.5 Å². The molecule has 10 heteroatoms. The maximum atomic E-state index is 12.8. The lowest BCUT2D eigenvalue weighted by atomic mass is 10.2. The Hall–Kier alpha value is -3.92. The lowest BCUT2D eigenvalue weighted by Gasteiger charge is -2.20. The second kappa shape index (κ2) is 8.84. The van der Waals surface area contributed by atoms with Crippen molar-refractivity contribution in [3.63, 3.8) is 0 Å². The third-order valence-electron chi connectivity index (χ3n) is 4.44. The molecule has 3 aromatic rings. The van der Waals surface area contributed by atoms with Crippen LogP contribution in [0, 0.1) is 10.1 Å². The van der Waals surface area contributed by atoms with Crippen LogP contribution < -0.4 is 13.8 Å². The number of nitro groups is 1. The molecule has 3 rings (SSSR count). The summed E-state index contributed by atoms with van der Waals surface area (Å²) < 4.78 is 37.0. The van der Waals surface area contributed by atoms with Crippen LogP contribution in [0.3, 0.4) is 0 Å². The monoisotopic (exact) mass is 442 g/mol. The van der Waals surface area contributed by atoms with Gasteiger partial charge < -0.3 is 9.47 Å². The van der Waals surface area contributed by atoms with Crippen molar-refractivity contribution in [2.24, 2.45) is 0 Å². The van der Waals surface area contributed by atoms with Gasteiger partial charge in [0, 0.05) is 19.2 Å². The highest BCUT2D eigenvalue weighted by Gasteiger charge is 2.21. The number of nitrogens with zero attached hydrogens (tertiary/aromatic N) is 2. The number of esters is 1. The maximum Gasteiger partial charge on any atom is 0.343 e. The van der Waals surface area contributed by atoms with Crippen molar-refractivity contribution >= 4 is 27.4 Å². The highest BCUT2D eigenvalue weighted by Crippen LogP contribution is 2.26. The van der Waals surface area contributed by atoms with Crippen LogP contribution in [0.15, 0.2) is 77.7 Å². The first-order chi connectivity index (χ1) is 14.7. The first-order valence-corrected chi connectivity index (χ1v) is 10.4. The number of ether oxygens (including phenoxy) is 2. The molecule has 31 heavy (non-hydrogen) atoms. The van der Waals surface area contributed by atoms with Crippen molar-refractivity contribution in [2.45, 2.75) is 4.90 Å². The highest BCUT2D eigenvalue weighted by molar-refractivity contribution is 7.92. The normalized spacial score (nSPS) is 10.9. The Bertz CT molecular complexity index is 1190. The molecule has 0 aliphatic heterocycles. The molecule has 0 heterocycles. The number of carbonyl (C=O) groups excluding carboxylic acids is 1. The van der Waals surface area contributed by atoms with Gasteiger partial charge in [-0.3, -0.25) is 14.4 Å². The summed E-state index contributed by atoms with van der Waals surface area (Å²) in [6.45, 7) is 0. The molecule has 3 aromatic carbocycles. The molecule has 0 N–H and O–H groups in total. The number of nitro benzene ring substituents is 1. The molecule has 0 bridgehead atoms. The summed E-state index contributed by atoms with van der Waals surface area (Å²) in [6, 6.07) is 16.9. The zero-order chi connectivity index (χ0) is 22.6. The van der Waals surface area contributed by atoms with E-state index in [1.54, 1.807) is 12.1 Å². The first kappa shape index (κ1) is 21.8. The number of methoxy groups -OCH3 is 1. The Labute approximate surface area is 178 Å². The fraction of sp³-hybridized carbons (Fsp3) is 0.0952. The Morgan fingerprint density at radius 3 is 1.97 bits per heavy atom. The summed E-state index contributed by atoms with van der Waals surface area (Å²) >= 11 is 0. The molecule has 0 atom stereocenters. The Kier molecular flexibility index (Phi) is 6.21. The number of carbonyl (C=O) groups is 1. The maximum absolute atomic E-state index is 12.8. The van der Waals surface area contributed by atoms with Crippen LogP contribution in [-0.2, 0) is 10.0 Å². The number of hydrogen-bond donors (Lipinski definition) is 0. The van der Waals surface area contributed by atoms with Crippen LogP contribution in [-0.4, -0.2) is 33.5 Å². The van der Waals surface area contributed by atoms with Crippen LogP contribution in [0.4, 0.5) is 11.4 Å². The third kappa shape index (κ3) is 4.81. The standard InChI is InChI=1S/C21H18N2O7S/c1-22(31(27,28)20-13-11-18(29-2)12-14-20)16-7-9-19(10-8-16)30-21(24)15-3-5-17(6-4-15)23(25)26/h3-14H,1-2H3. The molecule has 0 spiro atoms. The fourth-order valence-corrected chi connectivity index (χ4v) is 3.85. The van der Waals surface area contributed by atoms with E-state index in [9.17, 15) is 23.3 Å². The van der Waals surface area contributed by atoms with Gasteiger partial charge in [-0.05, 0) is 60.7 Å². The highest BCUT2D eigenvalue weighted by atomic mass is 32.2. The summed E-state index contributed by atoms with van der Waals surface area (Å²) in [7, 11) is -0.886. The molecule has 0 fully saturated rings. The Morgan fingerprint density at radius 2 is 1.45 bits per heavy atom. The average molecular weight is 442 g/mol. The number of sulfonamides is 1. The lowest BCUT2D eigenvalue weighted by molar-refractivity contribution is -0.384. The minimum Gasteiger partial charge on any atom is -0.497 e. The molecule has 0 amide bonds. The molecule has 0 aliphatic rings. The minimum absolute atomic E-state index is 0.101. The molecular weight excluding hydrogens is 424 g/mol. The van der Waals surface area contributed by atoms with Crippen LogP contribution >= 0.6 is 0 Å². The zero-order valence-electron chi connectivity index (χ0n) is 16.6. The van der Waals surface area contributed by atoms with E-state index in [1.807, 2.05) is 0 Å². The van der Waals surface area contributed by atoms with Gasteiger partial charge in [-0.1, -0.05) is 0 Å². The third-order valence-corrected chi connectivity index (χ3v) is 6.24. The van der Waals surface area contributed by atoms with Crippen LogP contribution in [0.2, 0.25) is 0 Å². The van der Waals surface area contributed by atoms with Gasteiger partial charge in [0.1, 0.15) is 11.5 Å². The lowest BCUT2D eigenvalue weighted by Crippen LogP contribution is -2.26. The van der Waals surface area contributed by atoms with Crippen molar-refractivity contribution in [1.29, 1.82) is 0 Å². The van der Waals surface area contributed by atoms with Crippen molar-refractivity contribution in [1.82, 2.24) is 0 Å². The van der Waals surface area contributed by atoms with Crippen molar-refractivity contribution in [2.75, 3.05) is 18.5 Å². The van der Waals surface area contributed by atoms with Crippen molar-refractivity contribution < 1.29 is 27.6 Å². The van der Waals surface area contributed by atoms with Gasteiger partial charge in [-0.15, -0.1) is 0 Å². The smallest absolute Gasteiger partial charge is 0.343 e. The van der Waals surface area contributed by atoms with Crippen LogP contribution in [0.25, 0.3) is 0 Å². The van der Waals surface area contributed by atoms with Crippen molar-refractivity contribution in [3.8, 4) is 11.5 Å². The molecular formula is C21H18N2O7S. The van der Waals surface area contributed by atoms with E-state index in [1.165, 1.54) is 74.8 Å². The number of rotatable bonds is 7. The number of non-ortho nitro benzene ring substituents is 1. The SMILES string of the molecule is COc1ccc(S(=O)(=O)N(C)c2ccc(OC(=O)c3ccc([N+](=O)[O-])cc3)cc2)cc1. The summed E-state index contributed by atoms with van der Waals surface area (Å²) in [5, 5.41) is 10.7. The van der Waals surface area contributed by atoms with E-state index in [-0.39, 0.29) is 21.9 Å². The summed E-state index contributed by atoms with van der Waals surface area (Å²) in [4.78, 5) is 22.4. The van der Waals surface area contributed by atoms with E-state index in [2.05, 4.69) is 0 Å². The van der Waals surface area contributed by atoms with Gasteiger partial charge in [0.15, 0.2) is 0 Å². The zero-order valence-corrected chi connectivity index (χ0v) is 17.4. The van der Waals surface area contributed by atoms with Gasteiger partial charge in [-0.25, -0.2) is 13.2 Å². The molecule has 160 valence electrons. The molecule has 9 nitrogen and oxygen atoms in total. The molecule has 0 aliphatic carbocycles. The Balaban J connectivity index is 1.72. The summed E-state index contributed by atoms with van der Waals surface area (Å²) in [6.07, 6.45) is 0. The van der Waals surface area contributed by atoms with Gasteiger partial charge >= 0.3 is 5.97 Å². The summed E-state index contributed by atoms with van der Waals surface area (Å²) in [5.74, 6) is 0.0463. The van der Waals surface area contributed by atoms with Gasteiger partial charge in [0.05, 0.1) is 28.2 Å². The van der Waals surface area contributed by atoms with Crippen LogP contribution in [0.1, 0.15) is 10.4 Å². The number of hydrogen-bond acceptors (Lipinski definition) is 7. The van der Waals surface area contributed by atoms with E-state index in [0.29, 0.717) is 11.4 Å². The molecule has 0 unspecified atom stereocenters. The number of benzene rings is 3. The second-order valence-corrected chi connectivity index (χ2v) is 8.30. The number of anilines is 1. The summed E-state index contributed by atoms with van der Waals surface area (Å²) in [5.41, 5.74) is 0.377. The molecule has 0 saturated heterocycles. The predicted octanol–water partition coefficient (Wildman–Crippen LogP) is 3.65. The quantitative estimate of drug-likeness (QED) is 0.237.